The van der Waals surface area contributed by atoms with Crippen LogP contribution in [0.25, 0.3) is 0 Å². The monoisotopic (exact) mass is 226 g/mol. The van der Waals surface area contributed by atoms with Crippen molar-refractivity contribution in [3.8, 4) is 0 Å². The number of carbonyl (C=O) groups is 1. The zero-order chi connectivity index (χ0) is 12.1. The van der Waals surface area contributed by atoms with E-state index in [1.807, 2.05) is 6.92 Å². The van der Waals surface area contributed by atoms with Gasteiger partial charge in [-0.3, -0.25) is 0 Å². The number of oxazole rings is 1. The van der Waals surface area contributed by atoms with Gasteiger partial charge in [-0.05, 0) is 19.8 Å². The van der Waals surface area contributed by atoms with Crippen LogP contribution in [0.4, 0.5) is 6.01 Å². The molecule has 1 N–H and O–H groups in total. The number of nitrogens with one attached hydrogen (secondary N) is 1. The van der Waals surface area contributed by atoms with E-state index < -0.39 is 5.97 Å². The molecule has 1 heterocycles. The molecular formula is C11H18N2O3. The van der Waals surface area contributed by atoms with Crippen molar-refractivity contribution >= 4 is 12.0 Å². The van der Waals surface area contributed by atoms with Crippen molar-refractivity contribution in [2.24, 2.45) is 5.92 Å². The summed E-state index contributed by atoms with van der Waals surface area (Å²) in [6, 6.07) is 0.581. The van der Waals surface area contributed by atoms with Gasteiger partial charge in [0, 0.05) is 6.04 Å². The molecule has 0 aromatic carbocycles. The van der Waals surface area contributed by atoms with Crippen LogP contribution in [0.3, 0.4) is 0 Å². The number of ether oxygens (including phenoxy) is 1. The third-order valence-electron chi connectivity index (χ3n) is 2.34. The number of esters is 1. The molecule has 1 rings (SSSR count). The smallest absolute Gasteiger partial charge is 0.360 e. The molecule has 0 aliphatic rings. The van der Waals surface area contributed by atoms with Gasteiger partial charge < -0.3 is 14.5 Å². The Morgan fingerprint density at radius 1 is 1.56 bits per heavy atom. The molecule has 0 saturated carbocycles. The quantitative estimate of drug-likeness (QED) is 0.780. The lowest BCUT2D eigenvalue weighted by Gasteiger charge is -2.15. The van der Waals surface area contributed by atoms with Crippen molar-refractivity contribution in [3.05, 3.63) is 12.0 Å². The van der Waals surface area contributed by atoms with Gasteiger partial charge in [0.2, 0.25) is 0 Å². The zero-order valence-electron chi connectivity index (χ0n) is 10.1. The van der Waals surface area contributed by atoms with Gasteiger partial charge in [-0.15, -0.1) is 0 Å². The highest BCUT2D eigenvalue weighted by Gasteiger charge is 2.15. The molecule has 0 spiro atoms. The lowest BCUT2D eigenvalue weighted by atomic mass is 10.1. The van der Waals surface area contributed by atoms with Crippen LogP contribution < -0.4 is 5.32 Å². The SMILES string of the molecule is CCOC(=O)c1coc(NC(C)C(C)C)n1. The first-order valence-corrected chi connectivity index (χ1v) is 5.43. The highest BCUT2D eigenvalue weighted by Crippen LogP contribution is 2.12. The van der Waals surface area contributed by atoms with Gasteiger partial charge in [-0.2, -0.15) is 4.98 Å². The zero-order valence-corrected chi connectivity index (χ0v) is 10.1. The fourth-order valence-corrected chi connectivity index (χ4v) is 1.00. The Balaban J connectivity index is 2.61. The number of hydrogen-bond acceptors (Lipinski definition) is 5. The van der Waals surface area contributed by atoms with E-state index in [1.165, 1.54) is 6.26 Å². The molecule has 16 heavy (non-hydrogen) atoms. The van der Waals surface area contributed by atoms with Crippen molar-refractivity contribution in [1.29, 1.82) is 0 Å². The number of hydrogen-bond donors (Lipinski definition) is 1. The second kappa shape index (κ2) is 5.53. The molecule has 90 valence electrons. The summed E-state index contributed by atoms with van der Waals surface area (Å²) in [7, 11) is 0. The molecule has 1 aromatic heterocycles. The summed E-state index contributed by atoms with van der Waals surface area (Å²) < 4.78 is 9.93. The Kier molecular flexibility index (Phi) is 4.34. The lowest BCUT2D eigenvalue weighted by molar-refractivity contribution is 0.0519. The highest BCUT2D eigenvalue weighted by molar-refractivity contribution is 5.87. The third kappa shape index (κ3) is 3.25. The summed E-state index contributed by atoms with van der Waals surface area (Å²) >= 11 is 0. The molecule has 0 saturated heterocycles. The highest BCUT2D eigenvalue weighted by atomic mass is 16.5. The van der Waals surface area contributed by atoms with E-state index in [-0.39, 0.29) is 11.7 Å². The van der Waals surface area contributed by atoms with Gasteiger partial charge in [0.15, 0.2) is 5.69 Å². The van der Waals surface area contributed by atoms with Gasteiger partial charge in [-0.25, -0.2) is 4.79 Å². The molecule has 0 aliphatic carbocycles. The second-order valence-electron chi connectivity index (χ2n) is 3.94. The Bertz CT molecular complexity index is 347. The van der Waals surface area contributed by atoms with Crippen molar-refractivity contribution in [1.82, 2.24) is 4.98 Å². The summed E-state index contributed by atoms with van der Waals surface area (Å²) in [5.41, 5.74) is 0.195. The van der Waals surface area contributed by atoms with E-state index in [0.29, 0.717) is 18.5 Å². The van der Waals surface area contributed by atoms with E-state index >= 15 is 0 Å². The summed E-state index contributed by atoms with van der Waals surface area (Å²) in [5, 5.41) is 3.07. The fraction of sp³-hybridized carbons (Fsp3) is 0.636. The molecule has 1 unspecified atom stereocenters. The minimum absolute atomic E-state index is 0.195. The Morgan fingerprint density at radius 2 is 2.25 bits per heavy atom. The number of rotatable bonds is 5. The van der Waals surface area contributed by atoms with Gasteiger partial charge >= 0.3 is 5.97 Å². The Labute approximate surface area is 95.2 Å². The van der Waals surface area contributed by atoms with Gasteiger partial charge in [0.1, 0.15) is 6.26 Å². The van der Waals surface area contributed by atoms with E-state index in [2.05, 4.69) is 24.1 Å². The summed E-state index contributed by atoms with van der Waals surface area (Å²) in [6.45, 7) is 8.29. The maximum atomic E-state index is 11.3. The summed E-state index contributed by atoms with van der Waals surface area (Å²) in [6.07, 6.45) is 1.30. The largest absolute Gasteiger partial charge is 0.461 e. The fourth-order valence-electron chi connectivity index (χ4n) is 1.00. The molecule has 0 fully saturated rings. The molecule has 0 radical (unpaired) electrons. The van der Waals surface area contributed by atoms with Crippen LogP contribution in [0.5, 0.6) is 0 Å². The van der Waals surface area contributed by atoms with Crippen LogP contribution in [0.1, 0.15) is 38.2 Å². The number of carbonyl (C=O) groups excluding carboxylic acids is 1. The second-order valence-corrected chi connectivity index (χ2v) is 3.94. The van der Waals surface area contributed by atoms with Gasteiger partial charge in [-0.1, -0.05) is 13.8 Å². The molecule has 1 atom stereocenters. The van der Waals surface area contributed by atoms with E-state index in [0.717, 1.165) is 0 Å². The van der Waals surface area contributed by atoms with Crippen LogP contribution in [-0.4, -0.2) is 23.6 Å². The Morgan fingerprint density at radius 3 is 2.81 bits per heavy atom. The van der Waals surface area contributed by atoms with Crippen LogP contribution in [0.15, 0.2) is 10.7 Å². The van der Waals surface area contributed by atoms with Crippen molar-refractivity contribution in [2.75, 3.05) is 11.9 Å². The predicted octanol–water partition coefficient (Wildman–Crippen LogP) is 2.31. The average molecular weight is 226 g/mol. The third-order valence-corrected chi connectivity index (χ3v) is 2.34. The Hall–Kier alpha value is -1.52. The van der Waals surface area contributed by atoms with Crippen LogP contribution in [-0.2, 0) is 4.74 Å². The topological polar surface area (TPSA) is 64.4 Å². The average Bonchev–Trinajstić information content (AvgIpc) is 2.66. The van der Waals surface area contributed by atoms with E-state index in [1.54, 1.807) is 6.92 Å². The summed E-state index contributed by atoms with van der Waals surface area (Å²) in [4.78, 5) is 15.3. The molecule has 5 heteroatoms. The summed E-state index contributed by atoms with van der Waals surface area (Å²) in [5.74, 6) is -0.00515. The van der Waals surface area contributed by atoms with E-state index in [4.69, 9.17) is 9.15 Å². The minimum Gasteiger partial charge on any atom is -0.461 e. The van der Waals surface area contributed by atoms with E-state index in [9.17, 15) is 4.79 Å². The first-order chi connectivity index (χ1) is 7.54. The van der Waals surface area contributed by atoms with Crippen molar-refractivity contribution in [2.45, 2.75) is 33.7 Å². The molecule has 0 bridgehead atoms. The minimum atomic E-state index is -0.462. The lowest BCUT2D eigenvalue weighted by Crippen LogP contribution is -2.21. The molecular weight excluding hydrogens is 208 g/mol. The predicted molar refractivity (Wildman–Crippen MR) is 60.4 cm³/mol. The molecule has 5 nitrogen and oxygen atoms in total. The molecule has 0 amide bonds. The number of anilines is 1. The standard InChI is InChI=1S/C11H18N2O3/c1-5-15-10(14)9-6-16-11(13-9)12-8(4)7(2)3/h6-8H,5H2,1-4H3,(H,12,13). The number of aromatic nitrogens is 1. The van der Waals surface area contributed by atoms with Crippen LogP contribution in [0.2, 0.25) is 0 Å². The first kappa shape index (κ1) is 12.5. The first-order valence-electron chi connectivity index (χ1n) is 5.43. The molecule has 1 aromatic rings. The van der Waals surface area contributed by atoms with Crippen molar-refractivity contribution in [3.63, 3.8) is 0 Å². The van der Waals surface area contributed by atoms with Crippen molar-refractivity contribution < 1.29 is 13.9 Å². The molecule has 0 aliphatic heterocycles. The normalized spacial score (nSPS) is 12.6. The maximum absolute atomic E-state index is 11.3. The van der Waals surface area contributed by atoms with Crippen LogP contribution >= 0.6 is 0 Å². The maximum Gasteiger partial charge on any atom is 0.360 e. The van der Waals surface area contributed by atoms with Crippen LogP contribution in [0, 0.1) is 5.92 Å². The number of nitrogens with zero attached hydrogens (tertiary/aromatic N) is 1. The van der Waals surface area contributed by atoms with Gasteiger partial charge in [0.05, 0.1) is 6.61 Å². The van der Waals surface area contributed by atoms with Gasteiger partial charge in [0.25, 0.3) is 6.01 Å².